The number of aryl methyl sites for hydroxylation is 2. The van der Waals surface area contributed by atoms with Gasteiger partial charge in [-0.15, -0.1) is 0 Å². The number of aromatic nitrogens is 2. The molecule has 0 aliphatic heterocycles. The van der Waals surface area contributed by atoms with Crippen LogP contribution in [-0.2, 0) is 13.5 Å². The van der Waals surface area contributed by atoms with Gasteiger partial charge in [-0.1, -0.05) is 44.2 Å². The van der Waals surface area contributed by atoms with E-state index in [2.05, 4.69) is 77.9 Å². The second kappa shape index (κ2) is 12.2. The number of guanidine groups is 1. The van der Waals surface area contributed by atoms with E-state index in [9.17, 15) is 0 Å². The molecule has 0 saturated heterocycles. The molecule has 0 fully saturated rings. The average molecular weight is 385 g/mol. The van der Waals surface area contributed by atoms with Gasteiger partial charge in [0.2, 0.25) is 0 Å². The van der Waals surface area contributed by atoms with Gasteiger partial charge in [0.1, 0.15) is 0 Å². The van der Waals surface area contributed by atoms with Crippen molar-refractivity contribution in [2.45, 2.75) is 39.7 Å². The summed E-state index contributed by atoms with van der Waals surface area (Å²) in [5.41, 5.74) is 2.60. The van der Waals surface area contributed by atoms with Gasteiger partial charge in [0.05, 0.1) is 18.8 Å². The first-order valence-electron chi connectivity index (χ1n) is 10.5. The first-order valence-corrected chi connectivity index (χ1v) is 10.5. The van der Waals surface area contributed by atoms with Crippen LogP contribution in [-0.4, -0.2) is 53.4 Å². The summed E-state index contributed by atoms with van der Waals surface area (Å²) in [5, 5.41) is 11.1. The molecule has 6 nitrogen and oxygen atoms in total. The van der Waals surface area contributed by atoms with Crippen LogP contribution in [0.15, 0.2) is 47.7 Å². The third-order valence-corrected chi connectivity index (χ3v) is 4.90. The highest BCUT2D eigenvalue weighted by Crippen LogP contribution is 2.20. The Morgan fingerprint density at radius 2 is 1.89 bits per heavy atom. The molecule has 0 amide bonds. The monoisotopic (exact) mass is 384 g/mol. The lowest BCUT2D eigenvalue weighted by atomic mass is 10.1. The highest BCUT2D eigenvalue weighted by Gasteiger charge is 2.17. The lowest BCUT2D eigenvalue weighted by Crippen LogP contribution is -2.39. The third-order valence-electron chi connectivity index (χ3n) is 4.90. The number of rotatable bonds is 11. The molecule has 2 aromatic rings. The van der Waals surface area contributed by atoms with Crippen LogP contribution < -0.4 is 10.6 Å². The normalized spacial score (nSPS) is 13.0. The van der Waals surface area contributed by atoms with Crippen LogP contribution in [0.4, 0.5) is 0 Å². The van der Waals surface area contributed by atoms with Crippen molar-refractivity contribution in [2.24, 2.45) is 12.0 Å². The van der Waals surface area contributed by atoms with Gasteiger partial charge in [0.25, 0.3) is 0 Å². The van der Waals surface area contributed by atoms with E-state index >= 15 is 0 Å². The highest BCUT2D eigenvalue weighted by atomic mass is 15.2. The van der Waals surface area contributed by atoms with Crippen LogP contribution in [0, 0.1) is 0 Å². The summed E-state index contributed by atoms with van der Waals surface area (Å²) in [6.07, 6.45) is 6.09. The number of likely N-dealkylation sites (N-methyl/N-ethyl adjacent to an activating group) is 1. The fraction of sp³-hybridized carbons (Fsp3) is 0.545. The van der Waals surface area contributed by atoms with E-state index in [-0.39, 0.29) is 0 Å². The molecule has 1 aromatic heterocycles. The summed E-state index contributed by atoms with van der Waals surface area (Å²) in [5.74, 6) is 0.891. The van der Waals surface area contributed by atoms with Crippen LogP contribution in [0.25, 0.3) is 0 Å². The molecule has 0 bridgehead atoms. The van der Waals surface area contributed by atoms with Crippen molar-refractivity contribution in [2.75, 3.05) is 32.7 Å². The highest BCUT2D eigenvalue weighted by molar-refractivity contribution is 5.79. The van der Waals surface area contributed by atoms with Gasteiger partial charge < -0.3 is 10.6 Å². The Hall–Kier alpha value is -2.34. The van der Waals surface area contributed by atoms with Crippen molar-refractivity contribution < 1.29 is 0 Å². The standard InChI is InChI=1S/C22H36N6/c1-5-23-22(24-15-11-12-19-16-26-27(4)18-19)25-17-21(28(6-2)7-3)20-13-9-8-10-14-20/h8-10,13-14,16,18,21H,5-7,11-12,15,17H2,1-4H3,(H2,23,24,25). The molecule has 1 aromatic carbocycles. The molecular weight excluding hydrogens is 348 g/mol. The van der Waals surface area contributed by atoms with Crippen LogP contribution in [0.5, 0.6) is 0 Å². The molecule has 0 spiro atoms. The van der Waals surface area contributed by atoms with E-state index in [0.29, 0.717) is 6.04 Å². The lowest BCUT2D eigenvalue weighted by molar-refractivity contribution is 0.224. The van der Waals surface area contributed by atoms with Crippen LogP contribution in [0.1, 0.15) is 44.4 Å². The zero-order chi connectivity index (χ0) is 20.2. The van der Waals surface area contributed by atoms with E-state index in [4.69, 9.17) is 4.99 Å². The van der Waals surface area contributed by atoms with E-state index in [1.165, 1.54) is 11.1 Å². The predicted octanol–water partition coefficient (Wildman–Crippen LogP) is 2.99. The molecule has 28 heavy (non-hydrogen) atoms. The first-order chi connectivity index (χ1) is 13.7. The van der Waals surface area contributed by atoms with Gasteiger partial charge in [-0.25, -0.2) is 0 Å². The molecule has 0 aliphatic carbocycles. The van der Waals surface area contributed by atoms with Gasteiger partial charge in [-0.3, -0.25) is 14.6 Å². The van der Waals surface area contributed by atoms with E-state index in [0.717, 1.165) is 51.5 Å². The minimum absolute atomic E-state index is 0.294. The third kappa shape index (κ3) is 7.00. The summed E-state index contributed by atoms with van der Waals surface area (Å²) >= 11 is 0. The molecule has 0 aliphatic rings. The van der Waals surface area contributed by atoms with Gasteiger partial charge >= 0.3 is 0 Å². The number of hydrogen-bond donors (Lipinski definition) is 2. The number of hydrogen-bond acceptors (Lipinski definition) is 3. The van der Waals surface area contributed by atoms with E-state index in [1.54, 1.807) is 0 Å². The van der Waals surface area contributed by atoms with Crippen LogP contribution in [0.2, 0.25) is 0 Å². The summed E-state index contributed by atoms with van der Waals surface area (Å²) in [7, 11) is 1.96. The van der Waals surface area contributed by atoms with E-state index in [1.807, 2.05) is 17.9 Å². The maximum atomic E-state index is 4.89. The van der Waals surface area contributed by atoms with Crippen molar-refractivity contribution >= 4 is 5.96 Å². The van der Waals surface area contributed by atoms with Crippen molar-refractivity contribution in [1.82, 2.24) is 25.3 Å². The van der Waals surface area contributed by atoms with Crippen molar-refractivity contribution in [3.8, 4) is 0 Å². The van der Waals surface area contributed by atoms with Crippen molar-refractivity contribution in [3.05, 3.63) is 53.9 Å². The molecule has 0 radical (unpaired) electrons. The molecule has 2 rings (SSSR count). The fourth-order valence-corrected chi connectivity index (χ4v) is 3.39. The van der Waals surface area contributed by atoms with Crippen LogP contribution >= 0.6 is 0 Å². The summed E-state index contributed by atoms with van der Waals surface area (Å²) in [4.78, 5) is 7.36. The molecule has 154 valence electrons. The minimum Gasteiger partial charge on any atom is -0.357 e. The Kier molecular flexibility index (Phi) is 9.55. The quantitative estimate of drug-likeness (QED) is 0.355. The number of aliphatic imine (C=N–C) groups is 1. The first kappa shape index (κ1) is 22.0. The smallest absolute Gasteiger partial charge is 0.191 e. The Morgan fingerprint density at radius 3 is 2.50 bits per heavy atom. The van der Waals surface area contributed by atoms with E-state index < -0.39 is 0 Å². The Labute approximate surface area is 170 Å². The molecule has 1 unspecified atom stereocenters. The zero-order valence-electron chi connectivity index (χ0n) is 17.9. The van der Waals surface area contributed by atoms with Gasteiger partial charge in [0.15, 0.2) is 5.96 Å². The van der Waals surface area contributed by atoms with Gasteiger partial charge in [-0.05, 0) is 44.0 Å². The van der Waals surface area contributed by atoms with Crippen molar-refractivity contribution in [3.63, 3.8) is 0 Å². The topological polar surface area (TPSA) is 57.5 Å². The van der Waals surface area contributed by atoms with Crippen LogP contribution in [0.3, 0.4) is 0 Å². The molecule has 1 atom stereocenters. The SMILES string of the molecule is CCNC(=NCC(c1ccccc1)N(CC)CC)NCCCc1cnn(C)c1. The largest absolute Gasteiger partial charge is 0.357 e. The summed E-state index contributed by atoms with van der Waals surface area (Å²) in [6, 6.07) is 11.0. The van der Waals surface area contributed by atoms with Crippen molar-refractivity contribution in [1.29, 1.82) is 0 Å². The van der Waals surface area contributed by atoms with Gasteiger partial charge in [-0.2, -0.15) is 5.10 Å². The zero-order valence-corrected chi connectivity index (χ0v) is 17.9. The predicted molar refractivity (Wildman–Crippen MR) is 118 cm³/mol. The molecule has 6 heteroatoms. The Morgan fingerprint density at radius 1 is 1.14 bits per heavy atom. The molecule has 0 saturated carbocycles. The fourth-order valence-electron chi connectivity index (χ4n) is 3.39. The second-order valence-electron chi connectivity index (χ2n) is 6.92. The minimum atomic E-state index is 0.294. The number of nitrogens with one attached hydrogen (secondary N) is 2. The summed E-state index contributed by atoms with van der Waals surface area (Å²) < 4.78 is 1.85. The summed E-state index contributed by atoms with van der Waals surface area (Å²) in [6.45, 7) is 11.0. The molecule has 2 N–H and O–H groups in total. The lowest BCUT2D eigenvalue weighted by Gasteiger charge is -2.29. The van der Waals surface area contributed by atoms with Gasteiger partial charge in [0, 0.05) is 26.3 Å². The number of benzene rings is 1. The Bertz CT molecular complexity index is 690. The average Bonchev–Trinajstić information content (AvgIpc) is 3.14. The maximum Gasteiger partial charge on any atom is 0.191 e. The maximum absolute atomic E-state index is 4.89. The molecule has 1 heterocycles. The second-order valence-corrected chi connectivity index (χ2v) is 6.92. The molecular formula is C22H36N6. The number of nitrogens with zero attached hydrogens (tertiary/aromatic N) is 4. The Balaban J connectivity index is 1.95.